The second-order valence-electron chi connectivity index (χ2n) is 5.63. The number of sulfonamides is 1. The molecule has 1 atom stereocenters. The number of primary sulfonamides is 1. The van der Waals surface area contributed by atoms with Gasteiger partial charge in [0.05, 0.1) is 21.4 Å². The molecule has 7 nitrogen and oxygen atoms in total. The minimum Gasteiger partial charge on any atom is -0.370 e. The minimum absolute atomic E-state index is 0.0214. The van der Waals surface area contributed by atoms with Gasteiger partial charge in [-0.2, -0.15) is 0 Å². The van der Waals surface area contributed by atoms with Gasteiger partial charge in [0.1, 0.15) is 0 Å². The SMILES string of the molecule is Cc1cc(N2CCC[C@@H](CS(N)(=O)=O)C2)c(Cl)cc1[N+](=O)[O-]. The van der Waals surface area contributed by atoms with Crippen molar-refractivity contribution >= 4 is 33.0 Å². The lowest BCUT2D eigenvalue weighted by molar-refractivity contribution is -0.385. The molecular weight excluding hydrogens is 330 g/mol. The summed E-state index contributed by atoms with van der Waals surface area (Å²) in [4.78, 5) is 12.4. The van der Waals surface area contributed by atoms with Crippen molar-refractivity contribution < 1.29 is 13.3 Å². The Morgan fingerprint density at radius 2 is 2.18 bits per heavy atom. The average molecular weight is 348 g/mol. The van der Waals surface area contributed by atoms with Crippen LogP contribution in [0.25, 0.3) is 0 Å². The fourth-order valence-corrected chi connectivity index (χ4v) is 4.05. The number of nitro groups is 1. The second kappa shape index (κ2) is 6.39. The Morgan fingerprint density at radius 1 is 1.50 bits per heavy atom. The average Bonchev–Trinajstić information content (AvgIpc) is 2.39. The van der Waals surface area contributed by atoms with E-state index in [1.807, 2.05) is 4.90 Å². The summed E-state index contributed by atoms with van der Waals surface area (Å²) in [6, 6.07) is 3.02. The van der Waals surface area contributed by atoms with E-state index in [9.17, 15) is 18.5 Å². The molecule has 1 aromatic rings. The molecule has 1 aliphatic heterocycles. The molecule has 1 aliphatic rings. The van der Waals surface area contributed by atoms with Gasteiger partial charge in [0.2, 0.25) is 10.0 Å². The van der Waals surface area contributed by atoms with Gasteiger partial charge in [0.25, 0.3) is 5.69 Å². The van der Waals surface area contributed by atoms with Crippen LogP contribution < -0.4 is 10.0 Å². The first-order chi connectivity index (χ1) is 10.2. The van der Waals surface area contributed by atoms with Crippen molar-refractivity contribution in [2.24, 2.45) is 11.1 Å². The van der Waals surface area contributed by atoms with Crippen LogP contribution in [-0.2, 0) is 10.0 Å². The maximum absolute atomic E-state index is 11.2. The van der Waals surface area contributed by atoms with Crippen molar-refractivity contribution in [2.75, 3.05) is 23.7 Å². The van der Waals surface area contributed by atoms with Crippen LogP contribution >= 0.6 is 11.6 Å². The predicted molar refractivity (Wildman–Crippen MR) is 85.8 cm³/mol. The Hall–Kier alpha value is -1.38. The van der Waals surface area contributed by atoms with E-state index in [1.165, 1.54) is 6.07 Å². The Balaban J connectivity index is 2.24. The highest BCUT2D eigenvalue weighted by Crippen LogP contribution is 2.35. The zero-order chi connectivity index (χ0) is 16.5. The zero-order valence-electron chi connectivity index (χ0n) is 12.2. The summed E-state index contributed by atoms with van der Waals surface area (Å²) in [5.74, 6) is -0.122. The van der Waals surface area contributed by atoms with E-state index in [4.69, 9.17) is 16.7 Å². The molecular formula is C13H18ClN3O4S. The summed E-state index contributed by atoms with van der Waals surface area (Å²) in [5.41, 5.74) is 1.20. The van der Waals surface area contributed by atoms with Gasteiger partial charge in [-0.1, -0.05) is 11.6 Å². The fraction of sp³-hybridized carbons (Fsp3) is 0.538. The van der Waals surface area contributed by atoms with Gasteiger partial charge in [0.15, 0.2) is 0 Å². The maximum Gasteiger partial charge on any atom is 0.273 e. The molecule has 0 saturated carbocycles. The summed E-state index contributed by atoms with van der Waals surface area (Å²) in [7, 11) is -3.51. The maximum atomic E-state index is 11.2. The number of aryl methyl sites for hydroxylation is 1. The van der Waals surface area contributed by atoms with Gasteiger partial charge < -0.3 is 4.90 Å². The Bertz CT molecular complexity index is 693. The fourth-order valence-electron chi connectivity index (χ4n) is 2.84. The van der Waals surface area contributed by atoms with Gasteiger partial charge in [-0.05, 0) is 31.7 Å². The number of hydrogen-bond acceptors (Lipinski definition) is 5. The normalized spacial score (nSPS) is 19.2. The van der Waals surface area contributed by atoms with Crippen molar-refractivity contribution in [3.63, 3.8) is 0 Å². The van der Waals surface area contributed by atoms with Crippen molar-refractivity contribution in [3.8, 4) is 0 Å². The number of nitrogens with two attached hydrogens (primary N) is 1. The van der Waals surface area contributed by atoms with Crippen LogP contribution in [0.2, 0.25) is 5.02 Å². The Kier molecular flexibility index (Phi) is 4.93. The van der Waals surface area contributed by atoms with Crippen molar-refractivity contribution in [3.05, 3.63) is 32.8 Å². The van der Waals surface area contributed by atoms with Crippen molar-refractivity contribution in [1.29, 1.82) is 0 Å². The van der Waals surface area contributed by atoms with Crippen LogP contribution in [0.5, 0.6) is 0 Å². The standard InChI is InChI=1S/C13H18ClN3O4S/c1-9-5-13(11(14)6-12(9)17(18)19)16-4-2-3-10(7-16)8-22(15,20)21/h5-6,10H,2-4,7-8H2,1H3,(H2,15,20,21)/t10-/m1/s1. The Morgan fingerprint density at radius 3 is 2.77 bits per heavy atom. The van der Waals surface area contributed by atoms with Crippen LogP contribution in [0.4, 0.5) is 11.4 Å². The summed E-state index contributed by atoms with van der Waals surface area (Å²) in [5, 5.41) is 16.3. The molecule has 122 valence electrons. The molecule has 0 spiro atoms. The zero-order valence-corrected chi connectivity index (χ0v) is 13.7. The molecule has 2 rings (SSSR count). The molecule has 0 radical (unpaired) electrons. The third kappa shape index (κ3) is 4.08. The van der Waals surface area contributed by atoms with Crippen LogP contribution in [0, 0.1) is 23.0 Å². The topological polar surface area (TPSA) is 107 Å². The van der Waals surface area contributed by atoms with E-state index in [2.05, 4.69) is 0 Å². The number of benzene rings is 1. The van der Waals surface area contributed by atoms with Gasteiger partial charge in [0, 0.05) is 24.7 Å². The third-order valence-corrected chi connectivity index (χ3v) is 5.03. The summed E-state index contributed by atoms with van der Waals surface area (Å²) >= 11 is 6.17. The molecule has 0 bridgehead atoms. The lowest BCUT2D eigenvalue weighted by Gasteiger charge is -2.34. The van der Waals surface area contributed by atoms with Gasteiger partial charge >= 0.3 is 0 Å². The lowest BCUT2D eigenvalue weighted by Crippen LogP contribution is -2.39. The predicted octanol–water partition coefficient (Wildman–Crippen LogP) is 2.06. The molecule has 1 heterocycles. The third-order valence-electron chi connectivity index (χ3n) is 3.79. The van der Waals surface area contributed by atoms with Crippen LogP contribution in [0.1, 0.15) is 18.4 Å². The van der Waals surface area contributed by atoms with Gasteiger partial charge in [-0.3, -0.25) is 10.1 Å². The number of halogens is 1. The smallest absolute Gasteiger partial charge is 0.273 e. The molecule has 0 unspecified atom stereocenters. The first-order valence-corrected chi connectivity index (χ1v) is 8.96. The number of hydrogen-bond donors (Lipinski definition) is 1. The molecule has 9 heteroatoms. The molecule has 2 N–H and O–H groups in total. The highest BCUT2D eigenvalue weighted by molar-refractivity contribution is 7.89. The Labute approximate surface area is 134 Å². The number of anilines is 1. The number of piperidine rings is 1. The highest BCUT2D eigenvalue weighted by atomic mass is 35.5. The first kappa shape index (κ1) is 17.0. The second-order valence-corrected chi connectivity index (χ2v) is 7.70. The van der Waals surface area contributed by atoms with E-state index in [0.717, 1.165) is 19.4 Å². The quantitative estimate of drug-likeness (QED) is 0.662. The molecule has 1 aromatic carbocycles. The first-order valence-electron chi connectivity index (χ1n) is 6.87. The summed E-state index contributed by atoms with van der Waals surface area (Å²) < 4.78 is 22.5. The molecule has 1 fully saturated rings. The molecule has 22 heavy (non-hydrogen) atoms. The van der Waals surface area contributed by atoms with Crippen molar-refractivity contribution in [1.82, 2.24) is 0 Å². The minimum atomic E-state index is -3.51. The lowest BCUT2D eigenvalue weighted by atomic mass is 9.99. The highest BCUT2D eigenvalue weighted by Gasteiger charge is 2.26. The largest absolute Gasteiger partial charge is 0.370 e. The molecule has 0 aromatic heterocycles. The van der Waals surface area contributed by atoms with E-state index in [-0.39, 0.29) is 17.4 Å². The van der Waals surface area contributed by atoms with Crippen LogP contribution in [-0.4, -0.2) is 32.2 Å². The van der Waals surface area contributed by atoms with E-state index in [0.29, 0.717) is 22.8 Å². The van der Waals surface area contributed by atoms with Gasteiger partial charge in [-0.25, -0.2) is 13.6 Å². The molecule has 0 aliphatic carbocycles. The van der Waals surface area contributed by atoms with E-state index < -0.39 is 14.9 Å². The molecule has 1 saturated heterocycles. The summed E-state index contributed by atoms with van der Waals surface area (Å²) in [6.45, 7) is 2.91. The van der Waals surface area contributed by atoms with Crippen molar-refractivity contribution in [2.45, 2.75) is 19.8 Å². The summed E-state index contributed by atoms with van der Waals surface area (Å²) in [6.07, 6.45) is 1.61. The van der Waals surface area contributed by atoms with Crippen LogP contribution in [0.3, 0.4) is 0 Å². The number of nitrogens with zero attached hydrogens (tertiary/aromatic N) is 2. The van der Waals surface area contributed by atoms with E-state index >= 15 is 0 Å². The number of rotatable bonds is 4. The number of nitro benzene ring substituents is 1. The molecule has 0 amide bonds. The monoisotopic (exact) mass is 347 g/mol. The van der Waals surface area contributed by atoms with E-state index in [1.54, 1.807) is 13.0 Å². The van der Waals surface area contributed by atoms with Gasteiger partial charge in [-0.15, -0.1) is 0 Å². The van der Waals surface area contributed by atoms with Crippen LogP contribution in [0.15, 0.2) is 12.1 Å².